The van der Waals surface area contributed by atoms with E-state index in [2.05, 4.69) is 11.3 Å². The van der Waals surface area contributed by atoms with Crippen LogP contribution in [0.5, 0.6) is 0 Å². The highest BCUT2D eigenvalue weighted by Crippen LogP contribution is 1.69. The van der Waals surface area contributed by atoms with Gasteiger partial charge in [-0.3, -0.25) is 9.59 Å². The molecule has 0 rings (SSSR count). The zero-order valence-corrected chi connectivity index (χ0v) is 7.22. The molecule has 0 bridgehead atoms. The summed E-state index contributed by atoms with van der Waals surface area (Å²) < 4.78 is 4.40. The molecule has 0 spiro atoms. The maximum absolute atomic E-state index is 9.82. The number of carbonyl (C=O) groups is 2. The van der Waals surface area contributed by atoms with Gasteiger partial charge in [-0.05, 0) is 19.9 Å². The van der Waals surface area contributed by atoms with Gasteiger partial charge in [0.05, 0.1) is 6.61 Å². The van der Waals surface area contributed by atoms with Crippen LogP contribution in [-0.4, -0.2) is 18.4 Å². The topological polar surface area (TPSA) is 43.4 Å². The summed E-state index contributed by atoms with van der Waals surface area (Å²) in [6.45, 7) is 8.33. The molecular formula is C8H14O3. The Morgan fingerprint density at radius 3 is 1.82 bits per heavy atom. The maximum atomic E-state index is 9.82. The van der Waals surface area contributed by atoms with Gasteiger partial charge in [-0.25, -0.2) is 0 Å². The average molecular weight is 158 g/mol. The van der Waals surface area contributed by atoms with Gasteiger partial charge < -0.3 is 4.74 Å². The Balaban J connectivity index is 0. The van der Waals surface area contributed by atoms with Crippen LogP contribution in [0.3, 0.4) is 0 Å². The smallest absolute Gasteiger partial charge is 0.302 e. The van der Waals surface area contributed by atoms with E-state index in [1.54, 1.807) is 6.92 Å². The molecule has 0 aromatic heterocycles. The van der Waals surface area contributed by atoms with Crippen molar-refractivity contribution in [3.8, 4) is 0 Å². The third kappa shape index (κ3) is 27.9. The Morgan fingerprint density at radius 1 is 1.45 bits per heavy atom. The molecule has 0 radical (unpaired) electrons. The summed E-state index contributed by atoms with van der Waals surface area (Å²) in [6.07, 6.45) is 1.28. The van der Waals surface area contributed by atoms with Crippen LogP contribution in [-0.2, 0) is 14.3 Å². The van der Waals surface area contributed by atoms with Crippen LogP contribution < -0.4 is 0 Å². The second-order valence-electron chi connectivity index (χ2n) is 1.74. The molecule has 64 valence electrons. The van der Waals surface area contributed by atoms with Gasteiger partial charge in [-0.2, -0.15) is 0 Å². The number of rotatable bonds is 2. The lowest BCUT2D eigenvalue weighted by Gasteiger charge is -1.89. The zero-order chi connectivity index (χ0) is 9.28. The second-order valence-corrected chi connectivity index (χ2v) is 1.74. The van der Waals surface area contributed by atoms with Gasteiger partial charge in [0, 0.05) is 6.92 Å². The molecule has 0 amide bonds. The van der Waals surface area contributed by atoms with Crippen molar-refractivity contribution in [3.63, 3.8) is 0 Å². The third-order valence-electron chi connectivity index (χ3n) is 0.635. The van der Waals surface area contributed by atoms with Crippen LogP contribution >= 0.6 is 0 Å². The molecule has 0 aromatic rings. The quantitative estimate of drug-likeness (QED) is 0.450. The molecule has 0 fully saturated rings. The molecule has 0 saturated carbocycles. The Labute approximate surface area is 67.0 Å². The molecule has 0 aliphatic heterocycles. The molecule has 0 atom stereocenters. The van der Waals surface area contributed by atoms with E-state index in [1.807, 2.05) is 0 Å². The highest BCUT2D eigenvalue weighted by Gasteiger charge is 1.81. The lowest BCUT2D eigenvalue weighted by atomic mass is 10.5. The first-order valence-corrected chi connectivity index (χ1v) is 3.31. The zero-order valence-electron chi connectivity index (χ0n) is 7.22. The van der Waals surface area contributed by atoms with E-state index >= 15 is 0 Å². The largest absolute Gasteiger partial charge is 0.466 e. The van der Waals surface area contributed by atoms with E-state index in [0.29, 0.717) is 6.61 Å². The summed E-state index contributed by atoms with van der Waals surface area (Å²) in [6, 6.07) is 0. The van der Waals surface area contributed by atoms with Crippen molar-refractivity contribution in [1.82, 2.24) is 0 Å². The maximum Gasteiger partial charge on any atom is 0.302 e. The molecule has 0 saturated heterocycles. The Morgan fingerprint density at radius 2 is 1.82 bits per heavy atom. The predicted molar refractivity (Wildman–Crippen MR) is 43.2 cm³/mol. The molecule has 0 unspecified atom stereocenters. The molecule has 0 heterocycles. The van der Waals surface area contributed by atoms with Crippen molar-refractivity contribution in [3.05, 3.63) is 12.7 Å². The average Bonchev–Trinajstić information content (AvgIpc) is 1.89. The summed E-state index contributed by atoms with van der Waals surface area (Å²) in [5.74, 6) is -0.192. The minimum Gasteiger partial charge on any atom is -0.466 e. The number of hydrogen-bond donors (Lipinski definition) is 0. The number of ether oxygens (including phenoxy) is 1. The predicted octanol–water partition coefficient (Wildman–Crippen LogP) is 1.33. The summed E-state index contributed by atoms with van der Waals surface area (Å²) >= 11 is 0. The van der Waals surface area contributed by atoms with Gasteiger partial charge in [-0.1, -0.05) is 6.58 Å². The molecule has 0 N–H and O–H groups in total. The number of carbonyl (C=O) groups excluding carboxylic acids is 2. The fraction of sp³-hybridized carbons (Fsp3) is 0.500. The van der Waals surface area contributed by atoms with Crippen molar-refractivity contribution < 1.29 is 14.3 Å². The van der Waals surface area contributed by atoms with Gasteiger partial charge in [0.25, 0.3) is 0 Å². The van der Waals surface area contributed by atoms with Crippen molar-refractivity contribution in [2.75, 3.05) is 6.61 Å². The molecular weight excluding hydrogens is 144 g/mol. The van der Waals surface area contributed by atoms with Gasteiger partial charge >= 0.3 is 5.97 Å². The van der Waals surface area contributed by atoms with Gasteiger partial charge in [0.1, 0.15) is 0 Å². The van der Waals surface area contributed by atoms with Gasteiger partial charge in [0.2, 0.25) is 0 Å². The van der Waals surface area contributed by atoms with Crippen LogP contribution in [0.1, 0.15) is 20.8 Å². The standard InChI is InChI=1S/C4H8O2.C4H6O/c1-3-6-4(2)5;1-3-4(2)5/h3H2,1-2H3;3H,1H2,2H3. The van der Waals surface area contributed by atoms with Crippen molar-refractivity contribution in [1.29, 1.82) is 0 Å². The Hall–Kier alpha value is -1.12. The normalized spacial score (nSPS) is 7.18. The van der Waals surface area contributed by atoms with E-state index in [0.717, 1.165) is 0 Å². The summed E-state index contributed by atoms with van der Waals surface area (Å²) in [4.78, 5) is 19.5. The highest BCUT2D eigenvalue weighted by molar-refractivity contribution is 5.86. The van der Waals surface area contributed by atoms with E-state index in [4.69, 9.17) is 0 Å². The Bertz CT molecular complexity index is 138. The van der Waals surface area contributed by atoms with E-state index < -0.39 is 0 Å². The first kappa shape index (κ1) is 12.5. The van der Waals surface area contributed by atoms with Crippen molar-refractivity contribution in [2.45, 2.75) is 20.8 Å². The van der Waals surface area contributed by atoms with Gasteiger partial charge in [-0.15, -0.1) is 0 Å². The molecule has 3 nitrogen and oxygen atoms in total. The molecule has 0 aromatic carbocycles. The second kappa shape index (κ2) is 8.88. The Kier molecular flexibility index (Phi) is 10.1. The van der Waals surface area contributed by atoms with E-state index in [-0.39, 0.29) is 11.8 Å². The van der Waals surface area contributed by atoms with E-state index in [9.17, 15) is 9.59 Å². The van der Waals surface area contributed by atoms with E-state index in [1.165, 1.54) is 19.9 Å². The van der Waals surface area contributed by atoms with Crippen LogP contribution in [0.15, 0.2) is 12.7 Å². The number of esters is 1. The monoisotopic (exact) mass is 158 g/mol. The lowest BCUT2D eigenvalue weighted by molar-refractivity contribution is -0.140. The first-order chi connectivity index (χ1) is 5.04. The summed E-state index contributed by atoms with van der Waals surface area (Å²) in [7, 11) is 0. The molecule has 11 heavy (non-hydrogen) atoms. The highest BCUT2D eigenvalue weighted by atomic mass is 16.5. The fourth-order valence-electron chi connectivity index (χ4n) is 0.203. The van der Waals surface area contributed by atoms with Crippen molar-refractivity contribution >= 4 is 11.8 Å². The molecule has 3 heteroatoms. The number of allylic oxidation sites excluding steroid dienone is 1. The number of ketones is 1. The van der Waals surface area contributed by atoms with Crippen LogP contribution in [0.2, 0.25) is 0 Å². The summed E-state index contributed by atoms with van der Waals surface area (Å²) in [5, 5.41) is 0. The van der Waals surface area contributed by atoms with Crippen LogP contribution in [0, 0.1) is 0 Å². The fourth-order valence-corrected chi connectivity index (χ4v) is 0.203. The third-order valence-corrected chi connectivity index (χ3v) is 0.635. The molecule has 0 aliphatic rings. The minimum absolute atomic E-state index is 0.0185. The van der Waals surface area contributed by atoms with Gasteiger partial charge in [0.15, 0.2) is 5.78 Å². The summed E-state index contributed by atoms with van der Waals surface area (Å²) in [5.41, 5.74) is 0. The lowest BCUT2D eigenvalue weighted by Crippen LogP contribution is -1.95. The molecule has 0 aliphatic carbocycles. The van der Waals surface area contributed by atoms with Crippen LogP contribution in [0.25, 0.3) is 0 Å². The van der Waals surface area contributed by atoms with Crippen molar-refractivity contribution in [2.24, 2.45) is 0 Å². The number of hydrogen-bond acceptors (Lipinski definition) is 3. The SMILES string of the molecule is C=CC(C)=O.CCOC(C)=O. The first-order valence-electron chi connectivity index (χ1n) is 3.31. The minimum atomic E-state index is -0.211. The van der Waals surface area contributed by atoms with Crippen LogP contribution in [0.4, 0.5) is 0 Å².